The molecule has 0 heterocycles. The van der Waals surface area contributed by atoms with Crippen molar-refractivity contribution in [3.05, 3.63) is 42.7 Å². The fourth-order valence-electron chi connectivity index (χ4n) is 1.79. The molecule has 120 valence electrons. The summed E-state index contributed by atoms with van der Waals surface area (Å²) in [5, 5.41) is 11.4. The molecular formula is C16H20FNO4. The van der Waals surface area contributed by atoms with Crippen LogP contribution in [0.25, 0.3) is 0 Å². The third-order valence-electron chi connectivity index (χ3n) is 2.94. The van der Waals surface area contributed by atoms with E-state index in [1.807, 2.05) is 0 Å². The maximum atomic E-state index is 13.3. The Morgan fingerprint density at radius 2 is 2.14 bits per heavy atom. The van der Waals surface area contributed by atoms with Crippen LogP contribution in [0.5, 0.6) is 5.75 Å². The standard InChI is InChI=1S/C16H20FNO4/c1-2-3-8-13(16(20)21)18-15(19)10-6-11-22-14-9-5-4-7-12(14)17/h2,4-5,7,9,13H,1,3,6,8,10-11H2,(H,18,19)(H,20,21). The third-order valence-corrected chi connectivity index (χ3v) is 2.94. The minimum atomic E-state index is -1.07. The lowest BCUT2D eigenvalue weighted by Gasteiger charge is -2.13. The summed E-state index contributed by atoms with van der Waals surface area (Å²) in [4.78, 5) is 22.6. The van der Waals surface area contributed by atoms with Gasteiger partial charge in [-0.3, -0.25) is 4.79 Å². The van der Waals surface area contributed by atoms with Gasteiger partial charge in [-0.1, -0.05) is 18.2 Å². The van der Waals surface area contributed by atoms with Crippen molar-refractivity contribution < 1.29 is 23.8 Å². The van der Waals surface area contributed by atoms with Gasteiger partial charge in [-0.25, -0.2) is 9.18 Å². The molecule has 6 heteroatoms. The molecule has 1 amide bonds. The molecule has 0 bridgehead atoms. The van der Waals surface area contributed by atoms with Gasteiger partial charge in [-0.15, -0.1) is 6.58 Å². The van der Waals surface area contributed by atoms with Gasteiger partial charge < -0.3 is 15.2 Å². The van der Waals surface area contributed by atoms with E-state index in [2.05, 4.69) is 11.9 Å². The number of ether oxygens (including phenoxy) is 1. The molecule has 0 radical (unpaired) electrons. The van der Waals surface area contributed by atoms with Crippen molar-refractivity contribution in [2.45, 2.75) is 31.7 Å². The quantitative estimate of drug-likeness (QED) is 0.514. The van der Waals surface area contributed by atoms with Gasteiger partial charge in [0.2, 0.25) is 5.91 Å². The molecule has 5 nitrogen and oxygen atoms in total. The summed E-state index contributed by atoms with van der Waals surface area (Å²) in [6.07, 6.45) is 2.90. The molecule has 0 fully saturated rings. The normalized spacial score (nSPS) is 11.5. The van der Waals surface area contributed by atoms with Crippen molar-refractivity contribution >= 4 is 11.9 Å². The van der Waals surface area contributed by atoms with Crippen molar-refractivity contribution in [1.29, 1.82) is 0 Å². The number of hydrogen-bond acceptors (Lipinski definition) is 3. The Hall–Kier alpha value is -2.37. The van der Waals surface area contributed by atoms with Gasteiger partial charge in [0.15, 0.2) is 11.6 Å². The molecule has 1 aromatic carbocycles. The first kappa shape index (κ1) is 17.7. The second-order valence-corrected chi connectivity index (χ2v) is 4.71. The van der Waals surface area contributed by atoms with Gasteiger partial charge in [-0.2, -0.15) is 0 Å². The second kappa shape index (κ2) is 9.55. The van der Waals surface area contributed by atoms with E-state index in [0.29, 0.717) is 19.3 Å². The van der Waals surface area contributed by atoms with Gasteiger partial charge in [0.1, 0.15) is 6.04 Å². The van der Waals surface area contributed by atoms with Crippen LogP contribution >= 0.6 is 0 Å². The topological polar surface area (TPSA) is 75.6 Å². The van der Waals surface area contributed by atoms with Crippen LogP contribution in [0.1, 0.15) is 25.7 Å². The smallest absolute Gasteiger partial charge is 0.326 e. The minimum absolute atomic E-state index is 0.117. The van der Waals surface area contributed by atoms with E-state index >= 15 is 0 Å². The molecule has 1 unspecified atom stereocenters. The van der Waals surface area contributed by atoms with Crippen molar-refractivity contribution in [3.63, 3.8) is 0 Å². The molecule has 1 atom stereocenters. The number of hydrogen-bond donors (Lipinski definition) is 2. The fourth-order valence-corrected chi connectivity index (χ4v) is 1.79. The Kier molecular flexibility index (Phi) is 7.67. The molecule has 0 aromatic heterocycles. The van der Waals surface area contributed by atoms with E-state index in [0.717, 1.165) is 0 Å². The largest absolute Gasteiger partial charge is 0.491 e. The number of carbonyl (C=O) groups excluding carboxylic acids is 1. The van der Waals surface area contributed by atoms with E-state index in [1.54, 1.807) is 18.2 Å². The maximum Gasteiger partial charge on any atom is 0.326 e. The monoisotopic (exact) mass is 309 g/mol. The lowest BCUT2D eigenvalue weighted by molar-refractivity contribution is -0.142. The highest BCUT2D eigenvalue weighted by atomic mass is 19.1. The number of nitrogens with one attached hydrogen (secondary N) is 1. The number of aliphatic carboxylic acids is 1. The average molecular weight is 309 g/mol. The number of carboxylic acids is 1. The summed E-state index contributed by atoms with van der Waals surface area (Å²) < 4.78 is 18.5. The second-order valence-electron chi connectivity index (χ2n) is 4.71. The molecule has 1 aromatic rings. The van der Waals surface area contributed by atoms with Crippen molar-refractivity contribution in [3.8, 4) is 5.75 Å². The first-order valence-corrected chi connectivity index (χ1v) is 7.05. The zero-order valence-corrected chi connectivity index (χ0v) is 12.3. The highest BCUT2D eigenvalue weighted by Crippen LogP contribution is 2.15. The van der Waals surface area contributed by atoms with Crippen LogP contribution in [0.3, 0.4) is 0 Å². The van der Waals surface area contributed by atoms with Crippen molar-refractivity contribution in [1.82, 2.24) is 5.32 Å². The van der Waals surface area contributed by atoms with Crippen LogP contribution in [0.2, 0.25) is 0 Å². The number of carboxylic acid groups (broad SMARTS) is 1. The molecule has 0 aliphatic heterocycles. The summed E-state index contributed by atoms with van der Waals surface area (Å²) in [6.45, 7) is 3.69. The Morgan fingerprint density at radius 3 is 2.77 bits per heavy atom. The molecular weight excluding hydrogens is 289 g/mol. The maximum absolute atomic E-state index is 13.3. The van der Waals surface area contributed by atoms with Crippen LogP contribution in [0.4, 0.5) is 4.39 Å². The molecule has 1 rings (SSSR count). The van der Waals surface area contributed by atoms with E-state index in [1.165, 1.54) is 12.1 Å². The average Bonchev–Trinajstić information content (AvgIpc) is 2.49. The Balaban J connectivity index is 2.29. The van der Waals surface area contributed by atoms with Gasteiger partial charge in [0.05, 0.1) is 6.61 Å². The lowest BCUT2D eigenvalue weighted by Crippen LogP contribution is -2.40. The van der Waals surface area contributed by atoms with Crippen LogP contribution in [-0.2, 0) is 9.59 Å². The first-order chi connectivity index (χ1) is 10.5. The Bertz CT molecular complexity index is 519. The van der Waals surface area contributed by atoms with E-state index < -0.39 is 17.8 Å². The van der Waals surface area contributed by atoms with E-state index in [-0.39, 0.29) is 24.7 Å². The number of halogens is 1. The molecule has 0 aliphatic carbocycles. The van der Waals surface area contributed by atoms with Gasteiger partial charge >= 0.3 is 5.97 Å². The molecule has 0 saturated heterocycles. The van der Waals surface area contributed by atoms with Crippen molar-refractivity contribution in [2.24, 2.45) is 0 Å². The van der Waals surface area contributed by atoms with Crippen LogP contribution in [-0.4, -0.2) is 29.6 Å². The lowest BCUT2D eigenvalue weighted by atomic mass is 10.1. The summed E-state index contributed by atoms with van der Waals surface area (Å²) in [7, 11) is 0. The summed E-state index contributed by atoms with van der Waals surface area (Å²) >= 11 is 0. The number of allylic oxidation sites excluding steroid dienone is 1. The van der Waals surface area contributed by atoms with Gasteiger partial charge in [0, 0.05) is 6.42 Å². The van der Waals surface area contributed by atoms with Crippen LogP contribution in [0, 0.1) is 5.82 Å². The molecule has 0 spiro atoms. The third kappa shape index (κ3) is 6.39. The molecule has 0 saturated carbocycles. The number of rotatable bonds is 10. The van der Waals surface area contributed by atoms with Gasteiger partial charge in [-0.05, 0) is 31.4 Å². The first-order valence-electron chi connectivity index (χ1n) is 7.05. The molecule has 0 aliphatic rings. The molecule has 2 N–H and O–H groups in total. The summed E-state index contributed by atoms with van der Waals surface area (Å²) in [5.74, 6) is -1.76. The van der Waals surface area contributed by atoms with Gasteiger partial charge in [0.25, 0.3) is 0 Å². The zero-order chi connectivity index (χ0) is 16.4. The van der Waals surface area contributed by atoms with E-state index in [9.17, 15) is 14.0 Å². The number of para-hydroxylation sites is 1. The zero-order valence-electron chi connectivity index (χ0n) is 12.3. The van der Waals surface area contributed by atoms with Crippen molar-refractivity contribution in [2.75, 3.05) is 6.61 Å². The SMILES string of the molecule is C=CCCC(NC(=O)CCCOc1ccccc1F)C(=O)O. The van der Waals surface area contributed by atoms with Crippen LogP contribution < -0.4 is 10.1 Å². The highest BCUT2D eigenvalue weighted by molar-refractivity contribution is 5.83. The number of benzene rings is 1. The Morgan fingerprint density at radius 1 is 1.41 bits per heavy atom. The minimum Gasteiger partial charge on any atom is -0.491 e. The number of carbonyl (C=O) groups is 2. The highest BCUT2D eigenvalue weighted by Gasteiger charge is 2.18. The predicted octanol–water partition coefficient (Wildman–Crippen LogP) is 2.52. The number of amides is 1. The predicted molar refractivity (Wildman–Crippen MR) is 80.1 cm³/mol. The van der Waals surface area contributed by atoms with E-state index in [4.69, 9.17) is 9.84 Å². The van der Waals surface area contributed by atoms with Crippen LogP contribution in [0.15, 0.2) is 36.9 Å². The summed E-state index contributed by atoms with van der Waals surface area (Å²) in [6, 6.07) is 5.09. The molecule has 22 heavy (non-hydrogen) atoms. The summed E-state index contributed by atoms with van der Waals surface area (Å²) in [5.41, 5.74) is 0. The fraction of sp³-hybridized carbons (Fsp3) is 0.375. The Labute approximate surface area is 128 Å².